The quantitative estimate of drug-likeness (QED) is 0.393. The molecule has 7 heteroatoms. The lowest BCUT2D eigenvalue weighted by Crippen LogP contribution is -2.20. The molecule has 0 aliphatic rings. The number of nitrogens with one attached hydrogen (secondary N) is 1. The zero-order valence-electron chi connectivity index (χ0n) is 15.1. The lowest BCUT2D eigenvalue weighted by Gasteiger charge is -2.06. The minimum atomic E-state index is -0.542. The average Bonchev–Trinajstić information content (AvgIpc) is 3.20. The molecule has 3 aromatic carbocycles. The summed E-state index contributed by atoms with van der Waals surface area (Å²) in [5.74, 6) is -0.978. The van der Waals surface area contributed by atoms with Gasteiger partial charge in [0.25, 0.3) is 5.91 Å². The topological polar surface area (TPSA) is 68.3 Å². The van der Waals surface area contributed by atoms with Gasteiger partial charge in [0.1, 0.15) is 0 Å². The van der Waals surface area contributed by atoms with Gasteiger partial charge in [0.15, 0.2) is 11.7 Å². The predicted octanol–water partition coefficient (Wildman–Crippen LogP) is 5.52. The maximum Gasteiger partial charge on any atom is 0.338 e. The first-order valence-corrected chi connectivity index (χ1v) is 10.4. The van der Waals surface area contributed by atoms with Gasteiger partial charge in [-0.15, -0.1) is 11.3 Å². The van der Waals surface area contributed by atoms with Crippen molar-refractivity contribution in [2.75, 3.05) is 11.9 Å². The zero-order chi connectivity index (χ0) is 20.2. The summed E-state index contributed by atoms with van der Waals surface area (Å²) in [5, 5.41) is 6.95. The van der Waals surface area contributed by atoms with Crippen molar-refractivity contribution in [3.8, 4) is 11.3 Å². The molecule has 29 heavy (non-hydrogen) atoms. The fourth-order valence-electron chi connectivity index (χ4n) is 2.80. The SMILES string of the molecule is O=C(COC(=O)c1ccc2ccccc2c1)Nc1nc(-c2cccc(Br)c2)cs1. The fraction of sp³-hybridized carbons (Fsp3) is 0.0455. The van der Waals surface area contributed by atoms with Gasteiger partial charge >= 0.3 is 5.97 Å². The Labute approximate surface area is 179 Å². The molecule has 0 atom stereocenters. The standard InChI is InChI=1S/C22H15BrN2O3S/c23-18-7-3-6-16(11-18)19-13-29-22(24-19)25-20(26)12-28-21(27)17-9-8-14-4-1-2-5-15(14)10-17/h1-11,13H,12H2,(H,24,25,26). The number of carbonyl (C=O) groups is 2. The van der Waals surface area contributed by atoms with E-state index in [1.807, 2.05) is 60.0 Å². The average molecular weight is 467 g/mol. The van der Waals surface area contributed by atoms with E-state index < -0.39 is 11.9 Å². The van der Waals surface area contributed by atoms with Crippen LogP contribution in [0.2, 0.25) is 0 Å². The largest absolute Gasteiger partial charge is 0.452 e. The molecule has 1 amide bonds. The number of amides is 1. The van der Waals surface area contributed by atoms with Gasteiger partial charge < -0.3 is 4.74 Å². The Hall–Kier alpha value is -3.03. The molecule has 0 aliphatic heterocycles. The number of halogens is 1. The van der Waals surface area contributed by atoms with E-state index in [2.05, 4.69) is 26.2 Å². The summed E-state index contributed by atoms with van der Waals surface area (Å²) in [4.78, 5) is 28.8. The molecular weight excluding hydrogens is 452 g/mol. The molecule has 5 nitrogen and oxygen atoms in total. The van der Waals surface area contributed by atoms with Crippen LogP contribution in [-0.4, -0.2) is 23.5 Å². The van der Waals surface area contributed by atoms with Gasteiger partial charge in [0.05, 0.1) is 11.3 Å². The summed E-state index contributed by atoms with van der Waals surface area (Å²) in [6.07, 6.45) is 0. The Morgan fingerprint density at radius 1 is 1.00 bits per heavy atom. The van der Waals surface area contributed by atoms with E-state index in [1.165, 1.54) is 11.3 Å². The number of hydrogen-bond acceptors (Lipinski definition) is 5. The molecule has 4 rings (SSSR count). The molecular formula is C22H15BrN2O3S. The zero-order valence-corrected chi connectivity index (χ0v) is 17.5. The molecule has 0 spiro atoms. The highest BCUT2D eigenvalue weighted by atomic mass is 79.9. The Morgan fingerprint density at radius 2 is 1.83 bits per heavy atom. The molecule has 144 valence electrons. The minimum absolute atomic E-state index is 0.378. The van der Waals surface area contributed by atoms with Crippen molar-refractivity contribution in [2.24, 2.45) is 0 Å². The van der Waals surface area contributed by atoms with Crippen LogP contribution in [0.25, 0.3) is 22.0 Å². The molecule has 0 aliphatic carbocycles. The fourth-order valence-corrected chi connectivity index (χ4v) is 3.93. The maximum absolute atomic E-state index is 12.2. The van der Waals surface area contributed by atoms with E-state index in [0.29, 0.717) is 10.7 Å². The van der Waals surface area contributed by atoms with E-state index >= 15 is 0 Å². The normalized spacial score (nSPS) is 10.7. The van der Waals surface area contributed by atoms with E-state index in [9.17, 15) is 9.59 Å². The molecule has 0 unspecified atom stereocenters. The number of anilines is 1. The number of benzene rings is 3. The molecule has 0 bridgehead atoms. The Morgan fingerprint density at radius 3 is 2.66 bits per heavy atom. The number of nitrogens with zero attached hydrogens (tertiary/aromatic N) is 1. The third-order valence-electron chi connectivity index (χ3n) is 4.19. The highest BCUT2D eigenvalue weighted by Gasteiger charge is 2.13. The van der Waals surface area contributed by atoms with E-state index in [0.717, 1.165) is 26.5 Å². The lowest BCUT2D eigenvalue weighted by atomic mass is 10.1. The van der Waals surface area contributed by atoms with Gasteiger partial charge in [-0.2, -0.15) is 0 Å². The highest BCUT2D eigenvalue weighted by Crippen LogP contribution is 2.26. The van der Waals surface area contributed by atoms with Gasteiger partial charge in [-0.25, -0.2) is 9.78 Å². The van der Waals surface area contributed by atoms with Crippen LogP contribution < -0.4 is 5.32 Å². The third-order valence-corrected chi connectivity index (χ3v) is 5.44. The summed E-state index contributed by atoms with van der Waals surface area (Å²) in [5.41, 5.74) is 2.11. The third kappa shape index (κ3) is 4.70. The molecule has 4 aromatic rings. The second-order valence-electron chi connectivity index (χ2n) is 6.23. The number of esters is 1. The van der Waals surface area contributed by atoms with E-state index in [-0.39, 0.29) is 6.61 Å². The van der Waals surface area contributed by atoms with Crippen molar-refractivity contribution in [3.05, 3.63) is 82.1 Å². The van der Waals surface area contributed by atoms with Crippen LogP contribution in [0.1, 0.15) is 10.4 Å². The molecule has 0 saturated heterocycles. The second kappa shape index (κ2) is 8.55. The molecule has 0 fully saturated rings. The first-order valence-electron chi connectivity index (χ1n) is 8.76. The summed E-state index contributed by atoms with van der Waals surface area (Å²) >= 11 is 4.74. The number of carbonyl (C=O) groups excluding carboxylic acids is 2. The molecule has 0 radical (unpaired) electrons. The summed E-state index contributed by atoms with van der Waals surface area (Å²) < 4.78 is 6.09. The second-order valence-corrected chi connectivity index (χ2v) is 8.01. The van der Waals surface area contributed by atoms with E-state index in [1.54, 1.807) is 12.1 Å². The Kier molecular flexibility index (Phi) is 5.69. The number of ether oxygens (including phenoxy) is 1. The van der Waals surface area contributed by atoms with Gasteiger partial charge in [0.2, 0.25) is 0 Å². The van der Waals surface area contributed by atoms with Crippen LogP contribution in [0.3, 0.4) is 0 Å². The van der Waals surface area contributed by atoms with Crippen LogP contribution in [0.15, 0.2) is 76.6 Å². The monoisotopic (exact) mass is 466 g/mol. The number of thiazole rings is 1. The predicted molar refractivity (Wildman–Crippen MR) is 118 cm³/mol. The number of aromatic nitrogens is 1. The minimum Gasteiger partial charge on any atom is -0.452 e. The molecule has 1 N–H and O–H groups in total. The van der Waals surface area contributed by atoms with Crippen molar-refractivity contribution in [1.29, 1.82) is 0 Å². The first kappa shape index (κ1) is 19.3. The van der Waals surface area contributed by atoms with E-state index in [4.69, 9.17) is 4.74 Å². The summed E-state index contributed by atoms with van der Waals surface area (Å²) in [7, 11) is 0. The molecule has 1 aromatic heterocycles. The molecule has 1 heterocycles. The van der Waals surface area contributed by atoms with Crippen molar-refractivity contribution >= 4 is 55.0 Å². The maximum atomic E-state index is 12.2. The highest BCUT2D eigenvalue weighted by molar-refractivity contribution is 9.10. The number of rotatable bonds is 5. The van der Waals surface area contributed by atoms with Crippen molar-refractivity contribution in [3.63, 3.8) is 0 Å². The Bertz CT molecular complexity index is 1210. The smallest absolute Gasteiger partial charge is 0.338 e. The van der Waals surface area contributed by atoms with Crippen LogP contribution in [0.5, 0.6) is 0 Å². The van der Waals surface area contributed by atoms with Crippen LogP contribution in [0.4, 0.5) is 5.13 Å². The van der Waals surface area contributed by atoms with Gasteiger partial charge in [-0.3, -0.25) is 10.1 Å². The lowest BCUT2D eigenvalue weighted by molar-refractivity contribution is -0.119. The molecule has 0 saturated carbocycles. The summed E-state index contributed by atoms with van der Waals surface area (Å²) in [6, 6.07) is 20.8. The van der Waals surface area contributed by atoms with Crippen molar-refractivity contribution in [2.45, 2.75) is 0 Å². The number of hydrogen-bond donors (Lipinski definition) is 1. The van der Waals surface area contributed by atoms with Gasteiger partial charge in [0, 0.05) is 15.4 Å². The summed E-state index contributed by atoms with van der Waals surface area (Å²) in [6.45, 7) is -0.378. The van der Waals surface area contributed by atoms with Crippen molar-refractivity contribution < 1.29 is 14.3 Å². The van der Waals surface area contributed by atoms with Crippen molar-refractivity contribution in [1.82, 2.24) is 4.98 Å². The number of fused-ring (bicyclic) bond motifs is 1. The van der Waals surface area contributed by atoms with Crippen LogP contribution in [0, 0.1) is 0 Å². The van der Waals surface area contributed by atoms with Gasteiger partial charge in [-0.1, -0.05) is 58.4 Å². The Balaban J connectivity index is 1.35. The van der Waals surface area contributed by atoms with Crippen LogP contribution in [-0.2, 0) is 9.53 Å². The van der Waals surface area contributed by atoms with Crippen LogP contribution >= 0.6 is 27.3 Å². The first-order chi connectivity index (χ1) is 14.1. The van der Waals surface area contributed by atoms with Gasteiger partial charge in [-0.05, 0) is 35.0 Å².